The summed E-state index contributed by atoms with van der Waals surface area (Å²) in [4.78, 5) is 38.0. The number of amides is 1. The SMILES string of the molecule is CCOC(=O)CCC(=O)c1ccc2c(c1)N(Cc1cccc(Cl)c1)C(=O)CO2. The van der Waals surface area contributed by atoms with Crippen LogP contribution in [0.1, 0.15) is 35.7 Å². The predicted molar refractivity (Wildman–Crippen MR) is 105 cm³/mol. The summed E-state index contributed by atoms with van der Waals surface area (Å²) >= 11 is 6.04. The zero-order chi connectivity index (χ0) is 20.1. The lowest BCUT2D eigenvalue weighted by atomic mass is 10.0. The van der Waals surface area contributed by atoms with Crippen LogP contribution >= 0.6 is 11.6 Å². The summed E-state index contributed by atoms with van der Waals surface area (Å²) in [5, 5.41) is 0.585. The van der Waals surface area contributed by atoms with Gasteiger partial charge in [0.05, 0.1) is 25.3 Å². The van der Waals surface area contributed by atoms with Crippen LogP contribution in [0, 0.1) is 0 Å². The quantitative estimate of drug-likeness (QED) is 0.521. The van der Waals surface area contributed by atoms with E-state index in [2.05, 4.69) is 0 Å². The highest BCUT2D eigenvalue weighted by Gasteiger charge is 2.27. The maximum absolute atomic E-state index is 12.5. The molecule has 0 spiro atoms. The molecule has 0 atom stereocenters. The minimum atomic E-state index is -0.407. The normalized spacial score (nSPS) is 12.9. The van der Waals surface area contributed by atoms with Crippen molar-refractivity contribution in [3.63, 3.8) is 0 Å². The Bertz CT molecular complexity index is 911. The van der Waals surface area contributed by atoms with Gasteiger partial charge in [-0.15, -0.1) is 0 Å². The second kappa shape index (κ2) is 8.89. The van der Waals surface area contributed by atoms with E-state index >= 15 is 0 Å². The molecule has 7 heteroatoms. The number of Topliss-reactive ketones (excluding diaryl/α,β-unsaturated/α-hetero) is 1. The average Bonchev–Trinajstić information content (AvgIpc) is 2.68. The molecule has 1 aliphatic heterocycles. The zero-order valence-electron chi connectivity index (χ0n) is 15.4. The van der Waals surface area contributed by atoms with Gasteiger partial charge in [0.15, 0.2) is 12.4 Å². The number of hydrogen-bond donors (Lipinski definition) is 0. The van der Waals surface area contributed by atoms with E-state index in [-0.39, 0.29) is 37.7 Å². The van der Waals surface area contributed by atoms with Crippen molar-refractivity contribution in [2.75, 3.05) is 18.1 Å². The molecule has 1 heterocycles. The summed E-state index contributed by atoms with van der Waals surface area (Å²) in [6, 6.07) is 12.2. The second-order valence-electron chi connectivity index (χ2n) is 6.31. The van der Waals surface area contributed by atoms with E-state index in [1.54, 1.807) is 42.2 Å². The third-order valence-electron chi connectivity index (χ3n) is 4.32. The first-order valence-corrected chi connectivity index (χ1v) is 9.36. The van der Waals surface area contributed by atoms with Crippen LogP contribution in [0.25, 0.3) is 0 Å². The summed E-state index contributed by atoms with van der Waals surface area (Å²) < 4.78 is 10.3. The van der Waals surface area contributed by atoms with Crippen LogP contribution in [0.5, 0.6) is 5.75 Å². The maximum atomic E-state index is 12.5. The fourth-order valence-corrected chi connectivity index (χ4v) is 3.17. The number of ketones is 1. The Morgan fingerprint density at radius 2 is 2.00 bits per heavy atom. The predicted octanol–water partition coefficient (Wildman–Crippen LogP) is 3.79. The number of hydrogen-bond acceptors (Lipinski definition) is 5. The Morgan fingerprint density at radius 3 is 2.75 bits per heavy atom. The van der Waals surface area contributed by atoms with Gasteiger partial charge >= 0.3 is 5.97 Å². The number of anilines is 1. The first-order valence-electron chi connectivity index (χ1n) is 8.98. The molecule has 28 heavy (non-hydrogen) atoms. The van der Waals surface area contributed by atoms with Gasteiger partial charge in [-0.25, -0.2) is 0 Å². The number of benzene rings is 2. The largest absolute Gasteiger partial charge is 0.482 e. The molecule has 0 bridgehead atoms. The third-order valence-corrected chi connectivity index (χ3v) is 4.55. The van der Waals surface area contributed by atoms with Crippen molar-refractivity contribution in [3.8, 4) is 5.75 Å². The van der Waals surface area contributed by atoms with E-state index in [1.807, 2.05) is 12.1 Å². The maximum Gasteiger partial charge on any atom is 0.306 e. The van der Waals surface area contributed by atoms with E-state index in [4.69, 9.17) is 21.1 Å². The van der Waals surface area contributed by atoms with Crippen LogP contribution in [0.2, 0.25) is 5.02 Å². The van der Waals surface area contributed by atoms with Crippen molar-refractivity contribution in [1.29, 1.82) is 0 Å². The molecule has 2 aromatic carbocycles. The molecule has 146 valence electrons. The van der Waals surface area contributed by atoms with E-state index in [0.717, 1.165) is 5.56 Å². The molecule has 0 N–H and O–H groups in total. The molecule has 0 aliphatic carbocycles. The standard InChI is InChI=1S/C21H20ClNO5/c1-2-27-21(26)9-7-18(24)15-6-8-19-17(11-15)23(20(25)13-28-19)12-14-4-3-5-16(22)10-14/h3-6,8,10-11H,2,7,9,12-13H2,1H3. The smallest absolute Gasteiger partial charge is 0.306 e. The van der Waals surface area contributed by atoms with Crippen molar-refractivity contribution in [3.05, 3.63) is 58.6 Å². The molecule has 1 amide bonds. The van der Waals surface area contributed by atoms with Gasteiger partial charge in [-0.3, -0.25) is 14.4 Å². The minimum Gasteiger partial charge on any atom is -0.482 e. The first kappa shape index (κ1) is 19.9. The first-order chi connectivity index (χ1) is 13.5. The highest BCUT2D eigenvalue weighted by Crippen LogP contribution is 2.34. The van der Waals surface area contributed by atoms with E-state index < -0.39 is 5.97 Å². The highest BCUT2D eigenvalue weighted by atomic mass is 35.5. The van der Waals surface area contributed by atoms with Gasteiger partial charge in [-0.2, -0.15) is 0 Å². The second-order valence-corrected chi connectivity index (χ2v) is 6.75. The molecule has 0 fully saturated rings. The molecule has 0 saturated carbocycles. The number of fused-ring (bicyclic) bond motifs is 1. The summed E-state index contributed by atoms with van der Waals surface area (Å²) in [7, 11) is 0. The van der Waals surface area contributed by atoms with Crippen LogP contribution < -0.4 is 9.64 Å². The van der Waals surface area contributed by atoms with Gasteiger partial charge < -0.3 is 14.4 Å². The summed E-state index contributed by atoms with van der Waals surface area (Å²) in [5.74, 6) is -0.279. The molecule has 0 radical (unpaired) electrons. The lowest BCUT2D eigenvalue weighted by molar-refractivity contribution is -0.143. The van der Waals surface area contributed by atoms with Crippen LogP contribution in [-0.2, 0) is 20.9 Å². The average molecular weight is 402 g/mol. The Kier molecular flexibility index (Phi) is 6.31. The van der Waals surface area contributed by atoms with Crippen LogP contribution in [0.4, 0.5) is 5.69 Å². The van der Waals surface area contributed by atoms with Gasteiger partial charge in [-0.05, 0) is 42.8 Å². The van der Waals surface area contributed by atoms with Crippen molar-refractivity contribution >= 4 is 34.9 Å². The summed E-state index contributed by atoms with van der Waals surface area (Å²) in [6.07, 6.45) is 0.0616. The number of rotatable bonds is 7. The van der Waals surface area contributed by atoms with Crippen molar-refractivity contribution < 1.29 is 23.9 Å². The Morgan fingerprint density at radius 1 is 1.18 bits per heavy atom. The lowest BCUT2D eigenvalue weighted by Gasteiger charge is -2.30. The summed E-state index contributed by atoms with van der Waals surface area (Å²) in [5.41, 5.74) is 1.81. The summed E-state index contributed by atoms with van der Waals surface area (Å²) in [6.45, 7) is 2.25. The Labute approximate surface area is 168 Å². The van der Waals surface area contributed by atoms with Crippen molar-refractivity contribution in [2.24, 2.45) is 0 Å². The van der Waals surface area contributed by atoms with Gasteiger partial charge in [0.1, 0.15) is 5.75 Å². The van der Waals surface area contributed by atoms with E-state index in [1.165, 1.54) is 0 Å². The molecule has 6 nitrogen and oxygen atoms in total. The minimum absolute atomic E-state index is 0.0193. The van der Waals surface area contributed by atoms with Gasteiger partial charge in [0.25, 0.3) is 5.91 Å². The molecule has 3 rings (SSSR count). The van der Waals surface area contributed by atoms with Gasteiger partial charge in [0.2, 0.25) is 0 Å². The lowest BCUT2D eigenvalue weighted by Crippen LogP contribution is -2.38. The van der Waals surface area contributed by atoms with E-state index in [9.17, 15) is 14.4 Å². The fraction of sp³-hybridized carbons (Fsp3) is 0.286. The van der Waals surface area contributed by atoms with Gasteiger partial charge in [0, 0.05) is 17.0 Å². The number of nitrogens with zero attached hydrogens (tertiary/aromatic N) is 1. The van der Waals surface area contributed by atoms with Crippen molar-refractivity contribution in [2.45, 2.75) is 26.3 Å². The molecular weight excluding hydrogens is 382 g/mol. The van der Waals surface area contributed by atoms with Crippen LogP contribution in [-0.4, -0.2) is 30.9 Å². The monoisotopic (exact) mass is 401 g/mol. The number of carbonyl (C=O) groups excluding carboxylic acids is 3. The number of esters is 1. The molecular formula is C21H20ClNO5. The van der Waals surface area contributed by atoms with Gasteiger partial charge in [-0.1, -0.05) is 23.7 Å². The molecule has 1 aliphatic rings. The molecule has 2 aromatic rings. The van der Waals surface area contributed by atoms with Crippen LogP contribution in [0.15, 0.2) is 42.5 Å². The molecule has 0 unspecified atom stereocenters. The topological polar surface area (TPSA) is 72.9 Å². The number of halogens is 1. The number of ether oxygens (including phenoxy) is 2. The molecule has 0 aromatic heterocycles. The Hall–Kier alpha value is -2.86. The molecule has 0 saturated heterocycles. The van der Waals surface area contributed by atoms with Crippen LogP contribution in [0.3, 0.4) is 0 Å². The third kappa shape index (κ3) is 4.70. The fourth-order valence-electron chi connectivity index (χ4n) is 2.96. The number of carbonyl (C=O) groups is 3. The highest BCUT2D eigenvalue weighted by molar-refractivity contribution is 6.30. The zero-order valence-corrected chi connectivity index (χ0v) is 16.2. The van der Waals surface area contributed by atoms with E-state index in [0.29, 0.717) is 28.6 Å². The van der Waals surface area contributed by atoms with Crippen molar-refractivity contribution in [1.82, 2.24) is 0 Å². The Balaban J connectivity index is 1.81.